The molecule has 1 aromatic rings. The van der Waals surface area contributed by atoms with Gasteiger partial charge in [0.25, 0.3) is 0 Å². The molecule has 1 N–H and O–H groups in total. The molecule has 1 rings (SSSR count). The highest BCUT2D eigenvalue weighted by molar-refractivity contribution is 5.15. The summed E-state index contributed by atoms with van der Waals surface area (Å²) in [5.74, 6) is 0.702. The van der Waals surface area contributed by atoms with Crippen molar-refractivity contribution in [3.8, 4) is 5.88 Å². The van der Waals surface area contributed by atoms with E-state index in [1.54, 1.807) is 0 Å². The molecule has 0 fully saturated rings. The molecule has 0 spiro atoms. The molecule has 0 saturated heterocycles. The Bertz CT molecular complexity index is 297. The molecule has 0 bridgehead atoms. The van der Waals surface area contributed by atoms with E-state index < -0.39 is 0 Å². The van der Waals surface area contributed by atoms with Crippen LogP contribution in [0.2, 0.25) is 0 Å². The fourth-order valence-electron chi connectivity index (χ4n) is 1.17. The monoisotopic (exact) mass is 208 g/mol. The number of pyridine rings is 1. The van der Waals surface area contributed by atoms with E-state index >= 15 is 0 Å². The van der Waals surface area contributed by atoms with Gasteiger partial charge in [-0.2, -0.15) is 0 Å². The van der Waals surface area contributed by atoms with Gasteiger partial charge in [-0.1, -0.05) is 19.9 Å². The molecular weight excluding hydrogens is 188 g/mol. The van der Waals surface area contributed by atoms with Crippen molar-refractivity contribution in [1.29, 1.82) is 0 Å². The maximum absolute atomic E-state index is 5.52. The summed E-state index contributed by atoms with van der Waals surface area (Å²) in [7, 11) is 0. The van der Waals surface area contributed by atoms with Crippen LogP contribution in [0.1, 0.15) is 33.4 Å². The van der Waals surface area contributed by atoms with Crippen LogP contribution in [-0.4, -0.2) is 17.1 Å². The molecule has 3 nitrogen and oxygen atoms in total. The highest BCUT2D eigenvalue weighted by atomic mass is 16.5. The second-order valence-electron chi connectivity index (χ2n) is 4.17. The highest BCUT2D eigenvalue weighted by Crippen LogP contribution is 2.09. The third-order valence-electron chi connectivity index (χ3n) is 1.83. The van der Waals surface area contributed by atoms with Crippen LogP contribution < -0.4 is 10.1 Å². The second kappa shape index (κ2) is 5.71. The van der Waals surface area contributed by atoms with Gasteiger partial charge in [-0.15, -0.1) is 0 Å². The summed E-state index contributed by atoms with van der Waals surface area (Å²) in [6.45, 7) is 9.03. The molecule has 0 unspecified atom stereocenters. The first kappa shape index (κ1) is 12.0. The summed E-state index contributed by atoms with van der Waals surface area (Å²) in [5.41, 5.74) is 1.02. The Kier molecular flexibility index (Phi) is 4.56. The van der Waals surface area contributed by atoms with Crippen molar-refractivity contribution in [3.63, 3.8) is 0 Å². The second-order valence-corrected chi connectivity index (χ2v) is 4.17. The number of hydrogen-bond acceptors (Lipinski definition) is 3. The molecule has 0 atom stereocenters. The molecule has 1 heterocycles. The Balaban J connectivity index is 2.57. The van der Waals surface area contributed by atoms with Crippen LogP contribution in [0.25, 0.3) is 0 Å². The molecule has 0 saturated carbocycles. The van der Waals surface area contributed by atoms with Crippen LogP contribution in [0, 0.1) is 0 Å². The minimum absolute atomic E-state index is 0.172. The molecule has 0 amide bonds. The zero-order valence-corrected chi connectivity index (χ0v) is 9.95. The fourth-order valence-corrected chi connectivity index (χ4v) is 1.17. The first-order valence-corrected chi connectivity index (χ1v) is 5.44. The summed E-state index contributed by atoms with van der Waals surface area (Å²) in [4.78, 5) is 4.40. The number of nitrogens with zero attached hydrogens (tertiary/aromatic N) is 1. The predicted molar refractivity (Wildman–Crippen MR) is 62.0 cm³/mol. The lowest BCUT2D eigenvalue weighted by atomic mass is 10.3. The van der Waals surface area contributed by atoms with E-state index in [0.717, 1.165) is 12.2 Å². The quantitative estimate of drug-likeness (QED) is 0.806. The third kappa shape index (κ3) is 4.79. The molecule has 0 aliphatic heterocycles. The normalized spacial score (nSPS) is 11.1. The Morgan fingerprint density at radius 3 is 2.60 bits per heavy atom. The number of aromatic nitrogens is 1. The van der Waals surface area contributed by atoms with E-state index in [1.807, 2.05) is 32.0 Å². The Morgan fingerprint density at radius 1 is 1.27 bits per heavy atom. The van der Waals surface area contributed by atoms with E-state index in [-0.39, 0.29) is 6.10 Å². The van der Waals surface area contributed by atoms with Gasteiger partial charge in [0, 0.05) is 18.7 Å². The van der Waals surface area contributed by atoms with Crippen LogP contribution in [0.4, 0.5) is 0 Å². The first-order valence-electron chi connectivity index (χ1n) is 5.44. The van der Waals surface area contributed by atoms with E-state index in [9.17, 15) is 0 Å². The van der Waals surface area contributed by atoms with Gasteiger partial charge in [0.1, 0.15) is 0 Å². The highest BCUT2D eigenvalue weighted by Gasteiger charge is 2.01. The van der Waals surface area contributed by atoms with Crippen LogP contribution >= 0.6 is 0 Å². The van der Waals surface area contributed by atoms with Crippen LogP contribution in [0.3, 0.4) is 0 Å². The van der Waals surface area contributed by atoms with Gasteiger partial charge in [-0.25, -0.2) is 4.98 Å². The van der Waals surface area contributed by atoms with E-state index in [1.165, 1.54) is 0 Å². The Labute approximate surface area is 91.9 Å². The lowest BCUT2D eigenvalue weighted by Gasteiger charge is -2.11. The Morgan fingerprint density at radius 2 is 2.00 bits per heavy atom. The summed E-state index contributed by atoms with van der Waals surface area (Å²) in [5, 5.41) is 3.32. The molecular formula is C12H20N2O. The van der Waals surface area contributed by atoms with Gasteiger partial charge in [0.15, 0.2) is 0 Å². The number of nitrogens with one attached hydrogen (secondary N) is 1. The van der Waals surface area contributed by atoms with Crippen molar-refractivity contribution in [1.82, 2.24) is 10.3 Å². The van der Waals surface area contributed by atoms with Gasteiger partial charge >= 0.3 is 0 Å². The summed E-state index contributed by atoms with van der Waals surface area (Å²) in [6, 6.07) is 6.34. The average molecular weight is 208 g/mol. The van der Waals surface area contributed by atoms with Crippen molar-refractivity contribution in [2.45, 2.75) is 46.4 Å². The third-order valence-corrected chi connectivity index (χ3v) is 1.83. The number of ether oxygens (including phenoxy) is 1. The summed E-state index contributed by atoms with van der Waals surface area (Å²) >= 11 is 0. The van der Waals surface area contributed by atoms with Crippen LogP contribution in [0.15, 0.2) is 18.2 Å². The summed E-state index contributed by atoms with van der Waals surface area (Å²) < 4.78 is 5.52. The minimum atomic E-state index is 0.172. The Hall–Kier alpha value is -1.09. The maximum Gasteiger partial charge on any atom is 0.213 e. The average Bonchev–Trinajstić information content (AvgIpc) is 2.14. The zero-order valence-electron chi connectivity index (χ0n) is 9.95. The lowest BCUT2D eigenvalue weighted by molar-refractivity contribution is 0.232. The molecule has 1 aromatic heterocycles. The van der Waals surface area contributed by atoms with E-state index in [2.05, 4.69) is 24.1 Å². The maximum atomic E-state index is 5.52. The standard InChI is InChI=1S/C12H20N2O/c1-9(2)13-8-11-6-5-7-12(14-11)15-10(3)4/h5-7,9-10,13H,8H2,1-4H3. The minimum Gasteiger partial charge on any atom is -0.475 e. The number of hydrogen-bond donors (Lipinski definition) is 1. The first-order chi connectivity index (χ1) is 7.08. The predicted octanol–water partition coefficient (Wildman–Crippen LogP) is 2.37. The molecule has 0 aliphatic carbocycles. The fraction of sp³-hybridized carbons (Fsp3) is 0.583. The molecule has 3 heteroatoms. The van der Waals surface area contributed by atoms with Crippen molar-refractivity contribution >= 4 is 0 Å². The lowest BCUT2D eigenvalue weighted by Crippen LogP contribution is -2.22. The molecule has 0 aromatic carbocycles. The molecule has 15 heavy (non-hydrogen) atoms. The molecule has 0 aliphatic rings. The van der Waals surface area contributed by atoms with Crippen LogP contribution in [-0.2, 0) is 6.54 Å². The SMILES string of the molecule is CC(C)NCc1cccc(OC(C)C)n1. The van der Waals surface area contributed by atoms with Gasteiger partial charge in [-0.3, -0.25) is 0 Å². The zero-order chi connectivity index (χ0) is 11.3. The van der Waals surface area contributed by atoms with Crippen molar-refractivity contribution in [3.05, 3.63) is 23.9 Å². The van der Waals surface area contributed by atoms with Gasteiger partial charge in [0.2, 0.25) is 5.88 Å². The van der Waals surface area contributed by atoms with E-state index in [4.69, 9.17) is 4.74 Å². The van der Waals surface area contributed by atoms with E-state index in [0.29, 0.717) is 11.9 Å². The van der Waals surface area contributed by atoms with Crippen molar-refractivity contribution in [2.75, 3.05) is 0 Å². The number of rotatable bonds is 5. The van der Waals surface area contributed by atoms with Gasteiger partial charge in [-0.05, 0) is 19.9 Å². The topological polar surface area (TPSA) is 34.1 Å². The molecule has 84 valence electrons. The smallest absolute Gasteiger partial charge is 0.213 e. The van der Waals surface area contributed by atoms with Gasteiger partial charge < -0.3 is 10.1 Å². The van der Waals surface area contributed by atoms with Gasteiger partial charge in [0.05, 0.1) is 11.8 Å². The van der Waals surface area contributed by atoms with Crippen molar-refractivity contribution < 1.29 is 4.74 Å². The largest absolute Gasteiger partial charge is 0.475 e. The summed E-state index contributed by atoms with van der Waals surface area (Å²) in [6.07, 6.45) is 0.172. The van der Waals surface area contributed by atoms with Crippen LogP contribution in [0.5, 0.6) is 5.88 Å². The molecule has 0 radical (unpaired) electrons. The van der Waals surface area contributed by atoms with Crippen molar-refractivity contribution in [2.24, 2.45) is 0 Å².